The molecular weight excluding hydrogens is 913 g/mol. The highest BCUT2D eigenvalue weighted by Crippen LogP contribution is 2.43. The number of benzene rings is 4. The summed E-state index contributed by atoms with van der Waals surface area (Å²) in [5, 5.41) is 24.6. The van der Waals surface area contributed by atoms with Crippen molar-refractivity contribution in [3.05, 3.63) is 157 Å². The Bertz CT molecular complexity index is 2410. The first-order valence-electron chi connectivity index (χ1n) is 26.7. The fourth-order valence-electron chi connectivity index (χ4n) is 10.6. The number of aliphatic hydroxyl groups is 2. The van der Waals surface area contributed by atoms with Crippen LogP contribution in [-0.4, -0.2) is 39.5 Å². The lowest BCUT2D eigenvalue weighted by molar-refractivity contribution is -0.230. The van der Waals surface area contributed by atoms with Crippen LogP contribution in [0.5, 0.6) is 11.5 Å². The van der Waals surface area contributed by atoms with E-state index in [1.807, 2.05) is 12.2 Å². The van der Waals surface area contributed by atoms with Gasteiger partial charge in [-0.2, -0.15) is 0 Å². The van der Waals surface area contributed by atoms with Crippen LogP contribution in [0.25, 0.3) is 12.2 Å². The molecule has 0 amide bonds. The second kappa shape index (κ2) is 28.2. The summed E-state index contributed by atoms with van der Waals surface area (Å²) in [5.41, 5.74) is 13.7. The van der Waals surface area contributed by atoms with E-state index < -0.39 is 29.2 Å². The van der Waals surface area contributed by atoms with Gasteiger partial charge < -0.3 is 31.2 Å². The van der Waals surface area contributed by atoms with Gasteiger partial charge in [0.05, 0.1) is 11.8 Å². The van der Waals surface area contributed by atoms with Crippen molar-refractivity contribution < 1.29 is 38.9 Å². The van der Waals surface area contributed by atoms with Crippen LogP contribution >= 0.6 is 0 Å². The van der Waals surface area contributed by atoms with Crippen LogP contribution < -0.4 is 20.9 Å². The van der Waals surface area contributed by atoms with Crippen LogP contribution in [0, 0.1) is 29.1 Å². The molecule has 0 radical (unpaired) electrons. The molecule has 0 aliphatic heterocycles. The molecule has 2 fully saturated rings. The van der Waals surface area contributed by atoms with Gasteiger partial charge in [0.25, 0.3) is 0 Å². The smallest absolute Gasteiger partial charge is 0.314 e. The van der Waals surface area contributed by atoms with Gasteiger partial charge in [0.15, 0.2) is 5.78 Å². The normalized spacial score (nSPS) is 18.3. The average Bonchev–Trinajstić information content (AvgIpc) is 3.39. The number of hydrogen-bond acceptors (Lipinski definition) is 10. The number of nitrogen functional groups attached to an aromatic ring is 2. The Hall–Kier alpha value is -6.36. The van der Waals surface area contributed by atoms with E-state index in [1.54, 1.807) is 103 Å². The highest BCUT2D eigenvalue weighted by atomic mass is 16.5. The van der Waals surface area contributed by atoms with Gasteiger partial charge in [0, 0.05) is 23.2 Å². The SMILES string of the molecule is C=CCCCCCC1CCC(C(=O)Oc2ccc(/C=C/C(=O)CC(Cc3ccc(N)cc3)(Cc3ccc(N)cc3)C(O)(O)C(=O)/C=C/c3ccc(OC(=O)C4CCC(CCCCCC=C)CC4)cc3)cc2)CC1. The number of nitrogens with two attached hydrogens (primary N) is 2. The maximum absolute atomic E-state index is 14.3. The number of anilines is 2. The molecule has 2 aliphatic carbocycles. The molecule has 0 saturated heterocycles. The summed E-state index contributed by atoms with van der Waals surface area (Å²) in [7, 11) is 0. The third kappa shape index (κ3) is 17.4. The van der Waals surface area contributed by atoms with E-state index in [9.17, 15) is 29.4 Å². The monoisotopic (exact) mass is 991 g/mol. The van der Waals surface area contributed by atoms with Crippen LogP contribution in [0.3, 0.4) is 0 Å². The highest BCUT2D eigenvalue weighted by Gasteiger charge is 2.54. The average molecular weight is 991 g/mol. The molecule has 6 N–H and O–H groups in total. The number of ketones is 2. The van der Waals surface area contributed by atoms with Crippen LogP contribution in [0.4, 0.5) is 11.4 Å². The van der Waals surface area contributed by atoms with Crippen molar-refractivity contribution in [2.24, 2.45) is 29.1 Å². The molecule has 73 heavy (non-hydrogen) atoms. The predicted octanol–water partition coefficient (Wildman–Crippen LogP) is 13.0. The van der Waals surface area contributed by atoms with E-state index in [4.69, 9.17) is 20.9 Å². The van der Waals surface area contributed by atoms with Crippen LogP contribution in [0.1, 0.15) is 144 Å². The van der Waals surface area contributed by atoms with Crippen molar-refractivity contribution in [3.63, 3.8) is 0 Å². The molecular formula is C63H78N2O8. The van der Waals surface area contributed by atoms with Crippen molar-refractivity contribution in [3.8, 4) is 11.5 Å². The van der Waals surface area contributed by atoms with Crippen molar-refractivity contribution in [2.45, 2.75) is 141 Å². The molecule has 10 nitrogen and oxygen atoms in total. The van der Waals surface area contributed by atoms with E-state index in [1.165, 1.54) is 63.5 Å². The van der Waals surface area contributed by atoms with E-state index in [-0.39, 0.29) is 36.6 Å². The fourth-order valence-corrected chi connectivity index (χ4v) is 10.6. The zero-order valence-corrected chi connectivity index (χ0v) is 42.8. The van der Waals surface area contributed by atoms with Crippen LogP contribution in [-0.2, 0) is 32.0 Å². The number of ether oxygens (including phenoxy) is 2. The quantitative estimate of drug-likeness (QED) is 0.00814. The summed E-state index contributed by atoms with van der Waals surface area (Å²) in [4.78, 5) is 54.7. The number of carbonyl (C=O) groups excluding carboxylic acids is 4. The second-order valence-corrected chi connectivity index (χ2v) is 20.7. The largest absolute Gasteiger partial charge is 0.426 e. The zero-order chi connectivity index (χ0) is 52.1. The second-order valence-electron chi connectivity index (χ2n) is 20.7. The summed E-state index contributed by atoms with van der Waals surface area (Å²) in [5.74, 6) is -3.14. The molecule has 0 unspecified atom stereocenters. The van der Waals surface area contributed by atoms with Gasteiger partial charge in [-0.05, 0) is 185 Å². The first kappa shape index (κ1) is 55.9. The number of rotatable bonds is 28. The number of esters is 2. The molecule has 4 aromatic carbocycles. The lowest BCUT2D eigenvalue weighted by Gasteiger charge is -2.42. The lowest BCUT2D eigenvalue weighted by atomic mass is 9.65. The van der Waals surface area contributed by atoms with Gasteiger partial charge in [-0.1, -0.05) is 111 Å². The van der Waals surface area contributed by atoms with Crippen molar-refractivity contribution >= 4 is 47.0 Å². The molecule has 4 aromatic rings. The minimum absolute atomic E-state index is 0.0839. The standard InChI is InChI=1S/C63H78N2O8/c1-3-5-7-9-11-13-46-15-29-52(30-16-46)60(68)72-57-38-24-48(25-39-57)23-37-56(66)45-62(43-50-19-33-54(64)34-20-50,44-51-21-35-55(65)36-22-51)63(70,71)59(67)42-28-49-26-40-58(41-27-49)73-61(69)53-31-17-47(18-32-53)14-12-10-8-6-4-2/h3-4,19-28,33-42,46-47,52-53,70-71H,1-2,5-18,29-32,43-45,64-65H2/b37-23+,42-28+. The Morgan fingerprint density at radius 1 is 0.534 bits per heavy atom. The maximum atomic E-state index is 14.3. The van der Waals surface area contributed by atoms with Gasteiger partial charge in [0.2, 0.25) is 11.6 Å². The summed E-state index contributed by atoms with van der Waals surface area (Å²) in [6, 6.07) is 27.3. The Balaban J connectivity index is 1.12. The minimum Gasteiger partial charge on any atom is -0.426 e. The topological polar surface area (TPSA) is 179 Å². The third-order valence-corrected chi connectivity index (χ3v) is 15.1. The first-order chi connectivity index (χ1) is 35.2. The van der Waals surface area contributed by atoms with E-state index in [0.717, 1.165) is 70.3 Å². The Morgan fingerprint density at radius 2 is 0.932 bits per heavy atom. The number of hydrogen-bond donors (Lipinski definition) is 4. The van der Waals surface area contributed by atoms with Gasteiger partial charge in [-0.25, -0.2) is 0 Å². The lowest BCUT2D eigenvalue weighted by Crippen LogP contribution is -2.57. The molecule has 2 aliphatic rings. The molecule has 388 valence electrons. The van der Waals surface area contributed by atoms with Gasteiger partial charge in [-0.3, -0.25) is 19.2 Å². The Morgan fingerprint density at radius 3 is 1.33 bits per heavy atom. The van der Waals surface area contributed by atoms with Crippen molar-refractivity contribution in [1.82, 2.24) is 0 Å². The molecule has 0 aromatic heterocycles. The van der Waals surface area contributed by atoms with E-state index >= 15 is 0 Å². The Labute approximate surface area is 433 Å². The number of unbranched alkanes of at least 4 members (excludes halogenated alkanes) is 6. The summed E-state index contributed by atoms with van der Waals surface area (Å²) in [6.07, 6.45) is 28.0. The fraction of sp³-hybridized carbons (Fsp3) is 0.429. The van der Waals surface area contributed by atoms with E-state index in [2.05, 4.69) is 13.2 Å². The number of carbonyl (C=O) groups is 4. The predicted molar refractivity (Wildman–Crippen MR) is 293 cm³/mol. The van der Waals surface area contributed by atoms with Gasteiger partial charge in [0.1, 0.15) is 11.5 Å². The zero-order valence-electron chi connectivity index (χ0n) is 42.8. The van der Waals surface area contributed by atoms with Crippen LogP contribution in [0.2, 0.25) is 0 Å². The van der Waals surface area contributed by atoms with Gasteiger partial charge >= 0.3 is 11.9 Å². The van der Waals surface area contributed by atoms with Crippen molar-refractivity contribution in [2.75, 3.05) is 11.5 Å². The van der Waals surface area contributed by atoms with Crippen molar-refractivity contribution in [1.29, 1.82) is 0 Å². The summed E-state index contributed by atoms with van der Waals surface area (Å²) >= 11 is 0. The molecule has 0 heterocycles. The highest BCUT2D eigenvalue weighted by molar-refractivity contribution is 6.01. The minimum atomic E-state index is -3.06. The maximum Gasteiger partial charge on any atom is 0.314 e. The molecule has 6 rings (SSSR count). The van der Waals surface area contributed by atoms with Gasteiger partial charge in [-0.15, -0.1) is 13.2 Å². The number of allylic oxidation sites excluding steroid dienone is 3. The molecule has 2 saturated carbocycles. The van der Waals surface area contributed by atoms with E-state index in [0.29, 0.717) is 57.0 Å². The summed E-state index contributed by atoms with van der Waals surface area (Å²) < 4.78 is 11.6. The third-order valence-electron chi connectivity index (χ3n) is 15.1. The Kier molecular flexibility index (Phi) is 21.6. The summed E-state index contributed by atoms with van der Waals surface area (Å²) in [6.45, 7) is 7.60. The van der Waals surface area contributed by atoms with Crippen LogP contribution in [0.15, 0.2) is 135 Å². The molecule has 0 bridgehead atoms. The molecule has 10 heteroatoms. The molecule has 0 atom stereocenters. The first-order valence-corrected chi connectivity index (χ1v) is 26.7. The molecule has 0 spiro atoms.